The number of imidazole rings is 1. The van der Waals surface area contributed by atoms with Crippen molar-refractivity contribution in [2.24, 2.45) is 0 Å². The number of aromatic amines is 1. The summed E-state index contributed by atoms with van der Waals surface area (Å²) in [7, 11) is -1.48. The van der Waals surface area contributed by atoms with Crippen molar-refractivity contribution in [1.82, 2.24) is 19.5 Å². The molecule has 1 fully saturated rings. The normalized spacial score (nSPS) is 26.1. The smallest absolute Gasteiger partial charge is 0.378 e. The molecule has 0 radical (unpaired) electrons. The Labute approximate surface area is 147 Å². The lowest BCUT2D eigenvalue weighted by Crippen LogP contribution is -2.27. The van der Waals surface area contributed by atoms with Gasteiger partial charge < -0.3 is 25.1 Å². The molecule has 13 heteroatoms. The van der Waals surface area contributed by atoms with Gasteiger partial charge in [-0.1, -0.05) is 12.2 Å². The zero-order valence-electron chi connectivity index (χ0n) is 13.5. The highest BCUT2D eigenvalue weighted by Gasteiger charge is 2.38. The third-order valence-corrected chi connectivity index (χ3v) is 5.11. The number of aromatic nitrogens is 4. The van der Waals surface area contributed by atoms with Gasteiger partial charge in [-0.2, -0.15) is 0 Å². The van der Waals surface area contributed by atoms with Crippen LogP contribution < -0.4 is 5.73 Å². The van der Waals surface area contributed by atoms with Crippen molar-refractivity contribution in [2.75, 3.05) is 26.6 Å². The van der Waals surface area contributed by atoms with Crippen LogP contribution in [-0.2, 0) is 23.1 Å². The van der Waals surface area contributed by atoms with Crippen LogP contribution in [0.4, 0.5) is 5.95 Å². The second kappa shape index (κ2) is 7.08. The molecule has 3 rings (SSSR count). The van der Waals surface area contributed by atoms with E-state index in [9.17, 15) is 9.46 Å². The maximum absolute atomic E-state index is 11.5. The van der Waals surface area contributed by atoms with Gasteiger partial charge in [0, 0.05) is 20.6 Å². The van der Waals surface area contributed by atoms with Gasteiger partial charge in [-0.15, -0.1) is 0 Å². The Kier molecular flexibility index (Phi) is 5.21. The zero-order chi connectivity index (χ0) is 18.2. The van der Waals surface area contributed by atoms with E-state index in [-0.39, 0.29) is 23.3 Å². The van der Waals surface area contributed by atoms with E-state index >= 15 is 0 Å². The molecule has 1 aliphatic rings. The van der Waals surface area contributed by atoms with Gasteiger partial charge >= 0.3 is 7.82 Å². The average Bonchev–Trinajstić information content (AvgIpc) is 3.16. The van der Waals surface area contributed by atoms with Gasteiger partial charge in [0.1, 0.15) is 23.5 Å². The standard InChI is InChI=1S/C12H18N5O6PS/c1-20-6-3-8(23-7(6)4-22-24(18,19)21-2)17-5-14-9-10(17)15-12(13)16-11(9)25/h5-8H,3-4H2,1-2H3,(H,18,19)(H3,13,15,16,25)/t6-,7+,8+/m0/s1. The van der Waals surface area contributed by atoms with Crippen LogP contribution in [0.3, 0.4) is 0 Å². The third kappa shape index (κ3) is 3.75. The first-order valence-electron chi connectivity index (χ1n) is 7.28. The van der Waals surface area contributed by atoms with E-state index < -0.39 is 20.2 Å². The third-order valence-electron chi connectivity index (χ3n) is 3.89. The monoisotopic (exact) mass is 391 g/mol. The summed E-state index contributed by atoms with van der Waals surface area (Å²) in [5.41, 5.74) is 6.78. The Balaban J connectivity index is 1.83. The summed E-state index contributed by atoms with van der Waals surface area (Å²) in [6, 6.07) is 0. The lowest BCUT2D eigenvalue weighted by Gasteiger charge is -2.18. The number of fused-ring (bicyclic) bond motifs is 1. The van der Waals surface area contributed by atoms with E-state index in [1.54, 1.807) is 10.9 Å². The minimum Gasteiger partial charge on any atom is -0.378 e. The average molecular weight is 391 g/mol. The Morgan fingerprint density at radius 3 is 3.04 bits per heavy atom. The second-order valence-electron chi connectivity index (χ2n) is 5.36. The highest BCUT2D eigenvalue weighted by Crippen LogP contribution is 2.43. The molecule has 0 bridgehead atoms. The Hall–Kier alpha value is -1.40. The molecular weight excluding hydrogens is 373 g/mol. The van der Waals surface area contributed by atoms with E-state index in [0.717, 1.165) is 7.11 Å². The SMILES string of the molecule is CO[C@H]1C[C@H](n2cnc3c(=S)nc(N)[nH]c32)O[C@@H]1COP(=O)(O)OC. The van der Waals surface area contributed by atoms with E-state index in [2.05, 4.69) is 19.5 Å². The van der Waals surface area contributed by atoms with Crippen LogP contribution in [0.1, 0.15) is 12.6 Å². The predicted octanol–water partition coefficient (Wildman–Crippen LogP) is 1.14. The number of methoxy groups -OCH3 is 1. The highest BCUT2D eigenvalue weighted by molar-refractivity contribution is 7.71. The molecule has 4 N–H and O–H groups in total. The predicted molar refractivity (Wildman–Crippen MR) is 89.2 cm³/mol. The number of phosphoric acid groups is 1. The first kappa shape index (κ1) is 18.4. The summed E-state index contributed by atoms with van der Waals surface area (Å²) in [5.74, 6) is 0.168. The molecule has 25 heavy (non-hydrogen) atoms. The molecule has 0 amide bonds. The van der Waals surface area contributed by atoms with Crippen LogP contribution in [0.2, 0.25) is 0 Å². The van der Waals surface area contributed by atoms with Gasteiger partial charge in [0.15, 0.2) is 10.6 Å². The quantitative estimate of drug-likeness (QED) is 0.484. The summed E-state index contributed by atoms with van der Waals surface area (Å²) in [6.07, 6.45) is 0.676. The molecule has 2 aromatic rings. The van der Waals surface area contributed by atoms with E-state index in [4.69, 9.17) is 31.9 Å². The van der Waals surface area contributed by atoms with Crippen LogP contribution in [0.5, 0.6) is 0 Å². The number of nitrogens with zero attached hydrogens (tertiary/aromatic N) is 3. The van der Waals surface area contributed by atoms with E-state index in [1.807, 2.05) is 0 Å². The van der Waals surface area contributed by atoms with Gasteiger partial charge in [-0.05, 0) is 0 Å². The van der Waals surface area contributed by atoms with Crippen molar-refractivity contribution in [2.45, 2.75) is 24.9 Å². The van der Waals surface area contributed by atoms with Gasteiger partial charge in [-0.3, -0.25) is 13.6 Å². The highest BCUT2D eigenvalue weighted by atomic mass is 32.1. The molecule has 0 saturated carbocycles. The molecule has 0 aliphatic carbocycles. The van der Waals surface area contributed by atoms with Crippen molar-refractivity contribution >= 4 is 37.2 Å². The van der Waals surface area contributed by atoms with Crippen LogP contribution in [0.15, 0.2) is 6.33 Å². The second-order valence-corrected chi connectivity index (χ2v) is 7.31. The number of anilines is 1. The fraction of sp³-hybridized carbons (Fsp3) is 0.583. The molecule has 11 nitrogen and oxygen atoms in total. The largest absolute Gasteiger partial charge is 0.472 e. The minimum atomic E-state index is -4.09. The molecular formula is C12H18N5O6PS. The number of phosphoric ester groups is 1. The first-order valence-corrected chi connectivity index (χ1v) is 9.18. The van der Waals surface area contributed by atoms with Crippen molar-refractivity contribution in [3.05, 3.63) is 11.0 Å². The maximum Gasteiger partial charge on any atom is 0.472 e. The number of ether oxygens (including phenoxy) is 2. The first-order chi connectivity index (χ1) is 11.8. The molecule has 1 saturated heterocycles. The molecule has 2 aromatic heterocycles. The maximum atomic E-state index is 11.5. The summed E-state index contributed by atoms with van der Waals surface area (Å²) in [6.45, 7) is -0.164. The number of hydrogen-bond donors (Lipinski definition) is 3. The fourth-order valence-electron chi connectivity index (χ4n) is 2.66. The summed E-state index contributed by atoms with van der Waals surface area (Å²) in [5, 5.41) is 0. The van der Waals surface area contributed by atoms with E-state index in [1.165, 1.54) is 7.11 Å². The molecule has 0 aromatic carbocycles. The van der Waals surface area contributed by atoms with Crippen LogP contribution in [-0.4, -0.2) is 57.4 Å². The number of hydrogen-bond acceptors (Lipinski definition) is 9. The van der Waals surface area contributed by atoms with Crippen LogP contribution in [0.25, 0.3) is 11.2 Å². The molecule has 3 heterocycles. The van der Waals surface area contributed by atoms with E-state index in [0.29, 0.717) is 17.6 Å². The zero-order valence-corrected chi connectivity index (χ0v) is 15.2. The van der Waals surface area contributed by atoms with Gasteiger partial charge in [0.25, 0.3) is 0 Å². The Bertz CT molecular complexity index is 871. The summed E-state index contributed by atoms with van der Waals surface area (Å²) >= 11 is 5.15. The topological polar surface area (TPSA) is 147 Å². The summed E-state index contributed by atoms with van der Waals surface area (Å²) < 4.78 is 34.0. The number of nitrogens with one attached hydrogen (secondary N) is 1. The number of nitrogens with two attached hydrogens (primary N) is 1. The molecule has 4 atom stereocenters. The Morgan fingerprint density at radius 2 is 2.36 bits per heavy atom. The number of rotatable bonds is 6. The molecule has 138 valence electrons. The van der Waals surface area contributed by atoms with Gasteiger partial charge in [0.2, 0.25) is 0 Å². The summed E-state index contributed by atoms with van der Waals surface area (Å²) in [4.78, 5) is 20.5. The molecule has 1 unspecified atom stereocenters. The Morgan fingerprint density at radius 1 is 1.60 bits per heavy atom. The van der Waals surface area contributed by atoms with Gasteiger partial charge in [-0.25, -0.2) is 14.5 Å². The van der Waals surface area contributed by atoms with Crippen molar-refractivity contribution in [1.29, 1.82) is 0 Å². The molecule has 0 spiro atoms. The van der Waals surface area contributed by atoms with Crippen molar-refractivity contribution < 1.29 is 28.0 Å². The fourth-order valence-corrected chi connectivity index (χ4v) is 3.35. The number of H-pyrrole nitrogens is 1. The molecule has 1 aliphatic heterocycles. The van der Waals surface area contributed by atoms with Crippen LogP contribution in [0, 0.1) is 4.64 Å². The minimum absolute atomic E-state index is 0.164. The number of nitrogen functional groups attached to an aromatic ring is 1. The van der Waals surface area contributed by atoms with Crippen molar-refractivity contribution in [3.63, 3.8) is 0 Å². The van der Waals surface area contributed by atoms with Crippen molar-refractivity contribution in [3.8, 4) is 0 Å². The lowest BCUT2D eigenvalue weighted by molar-refractivity contribution is -0.0510. The van der Waals surface area contributed by atoms with Crippen LogP contribution >= 0.6 is 20.0 Å². The van der Waals surface area contributed by atoms with Gasteiger partial charge in [0.05, 0.1) is 19.0 Å². The lowest BCUT2D eigenvalue weighted by atomic mass is 10.2.